The number of rotatable bonds is 11. The Hall–Kier alpha value is -6.14. The molecule has 48 heavy (non-hydrogen) atoms. The Morgan fingerprint density at radius 1 is 0.417 bits per heavy atom. The van der Waals surface area contributed by atoms with Crippen LogP contribution < -0.4 is 9.80 Å². The maximum absolute atomic E-state index is 12.9. The molecule has 0 fully saturated rings. The van der Waals surface area contributed by atoms with Gasteiger partial charge in [-0.1, -0.05) is 84.9 Å². The zero-order valence-electron chi connectivity index (χ0n) is 27.0. The maximum Gasteiger partial charge on any atom is 0.340 e. The van der Waals surface area contributed by atoms with Crippen molar-refractivity contribution in [1.29, 1.82) is 0 Å². The molecular formula is C42H36N2O4. The summed E-state index contributed by atoms with van der Waals surface area (Å²) in [6.45, 7) is 4.21. The van der Waals surface area contributed by atoms with E-state index in [1.54, 1.807) is 12.1 Å². The highest BCUT2D eigenvalue weighted by atomic mass is 16.5. The summed E-state index contributed by atoms with van der Waals surface area (Å²) in [5, 5.41) is 0. The topological polar surface area (TPSA) is 59.1 Å². The van der Waals surface area contributed by atoms with Gasteiger partial charge in [-0.05, 0) is 97.8 Å². The van der Waals surface area contributed by atoms with Crippen LogP contribution in [0.4, 0.5) is 34.1 Å². The van der Waals surface area contributed by atoms with E-state index in [9.17, 15) is 9.59 Å². The van der Waals surface area contributed by atoms with Gasteiger partial charge in [-0.15, -0.1) is 0 Å². The van der Waals surface area contributed by atoms with E-state index in [0.29, 0.717) is 24.3 Å². The van der Waals surface area contributed by atoms with Gasteiger partial charge in [-0.3, -0.25) is 0 Å². The molecule has 6 rings (SSSR count). The molecular weight excluding hydrogens is 596 g/mol. The van der Waals surface area contributed by atoms with Crippen molar-refractivity contribution in [2.45, 2.75) is 13.8 Å². The lowest BCUT2D eigenvalue weighted by Crippen LogP contribution is -2.15. The van der Waals surface area contributed by atoms with Crippen molar-refractivity contribution in [1.82, 2.24) is 0 Å². The number of carbonyl (C=O) groups is 2. The molecule has 0 radical (unpaired) electrons. The Labute approximate surface area is 281 Å². The molecule has 0 aliphatic rings. The lowest BCUT2D eigenvalue weighted by molar-refractivity contribution is 0.0517. The van der Waals surface area contributed by atoms with Crippen molar-refractivity contribution in [3.05, 3.63) is 169 Å². The average Bonchev–Trinajstić information content (AvgIpc) is 3.14. The van der Waals surface area contributed by atoms with Crippen molar-refractivity contribution in [2.24, 2.45) is 0 Å². The molecule has 0 aliphatic carbocycles. The maximum atomic E-state index is 12.9. The minimum Gasteiger partial charge on any atom is -0.462 e. The van der Waals surface area contributed by atoms with Gasteiger partial charge in [0.1, 0.15) is 0 Å². The highest BCUT2D eigenvalue weighted by molar-refractivity contribution is 6.00. The Morgan fingerprint density at radius 3 is 1.08 bits per heavy atom. The molecule has 6 heteroatoms. The number of hydrogen-bond acceptors (Lipinski definition) is 6. The number of esters is 2. The van der Waals surface area contributed by atoms with Crippen molar-refractivity contribution < 1.29 is 19.1 Å². The number of para-hydroxylation sites is 4. The Balaban J connectivity index is 1.35. The van der Waals surface area contributed by atoms with Gasteiger partial charge in [0, 0.05) is 22.7 Å². The van der Waals surface area contributed by atoms with E-state index in [1.807, 2.05) is 111 Å². The number of nitrogens with zero attached hydrogens (tertiary/aromatic N) is 2. The van der Waals surface area contributed by atoms with Gasteiger partial charge < -0.3 is 19.3 Å². The van der Waals surface area contributed by atoms with Gasteiger partial charge in [0.05, 0.1) is 35.7 Å². The van der Waals surface area contributed by atoms with Crippen LogP contribution in [0.5, 0.6) is 0 Å². The monoisotopic (exact) mass is 632 g/mol. The van der Waals surface area contributed by atoms with E-state index < -0.39 is 0 Å². The van der Waals surface area contributed by atoms with Crippen LogP contribution in [0.2, 0.25) is 0 Å². The fourth-order valence-corrected chi connectivity index (χ4v) is 5.71. The first-order valence-corrected chi connectivity index (χ1v) is 16.0. The fourth-order valence-electron chi connectivity index (χ4n) is 5.71. The Bertz CT molecular complexity index is 1830. The molecule has 0 saturated carbocycles. The predicted molar refractivity (Wildman–Crippen MR) is 193 cm³/mol. The summed E-state index contributed by atoms with van der Waals surface area (Å²) >= 11 is 0. The Morgan fingerprint density at radius 2 is 0.729 bits per heavy atom. The zero-order chi connectivity index (χ0) is 33.3. The standard InChI is InChI=1S/C42H36N2O4/c1-3-47-41(45)37-19-11-13-21-39(37)43(33-15-7-5-8-16-33)35-27-23-31(24-28-35)32-25-29-36(30-26-32)44(34-17-9-6-10-18-34)40-22-14-12-20-38(40)42(46)48-4-2/h5-30H,3-4H2,1-2H3. The van der Waals surface area contributed by atoms with Crippen molar-refractivity contribution in [3.63, 3.8) is 0 Å². The van der Waals surface area contributed by atoms with Gasteiger partial charge in [-0.2, -0.15) is 0 Å². The summed E-state index contributed by atoms with van der Waals surface area (Å²) in [4.78, 5) is 30.0. The number of ether oxygens (including phenoxy) is 2. The van der Waals surface area contributed by atoms with Crippen molar-refractivity contribution in [3.8, 4) is 11.1 Å². The third-order valence-electron chi connectivity index (χ3n) is 7.89. The van der Waals surface area contributed by atoms with Crippen LogP contribution in [0.3, 0.4) is 0 Å². The largest absolute Gasteiger partial charge is 0.462 e. The van der Waals surface area contributed by atoms with E-state index >= 15 is 0 Å². The SMILES string of the molecule is CCOC(=O)c1ccccc1N(c1ccccc1)c1ccc(-c2ccc(N(c3ccccc3)c3ccccc3C(=O)OCC)cc2)cc1. The van der Waals surface area contributed by atoms with E-state index in [4.69, 9.17) is 9.47 Å². The van der Waals surface area contributed by atoms with Crippen LogP contribution in [0.15, 0.2) is 158 Å². The van der Waals surface area contributed by atoms with E-state index in [0.717, 1.165) is 45.3 Å². The summed E-state index contributed by atoms with van der Waals surface area (Å²) in [6.07, 6.45) is 0. The molecule has 0 spiro atoms. The molecule has 0 heterocycles. The van der Waals surface area contributed by atoms with E-state index in [-0.39, 0.29) is 11.9 Å². The number of carbonyl (C=O) groups excluding carboxylic acids is 2. The second kappa shape index (κ2) is 15.0. The van der Waals surface area contributed by atoms with Crippen LogP contribution in [0.25, 0.3) is 11.1 Å². The number of benzene rings is 6. The third kappa shape index (κ3) is 6.83. The van der Waals surface area contributed by atoms with Gasteiger partial charge in [0.15, 0.2) is 0 Å². The van der Waals surface area contributed by atoms with Crippen LogP contribution in [-0.2, 0) is 9.47 Å². The normalized spacial score (nSPS) is 10.6. The lowest BCUT2D eigenvalue weighted by atomic mass is 10.0. The first kappa shape index (κ1) is 31.8. The molecule has 0 unspecified atom stereocenters. The van der Waals surface area contributed by atoms with Gasteiger partial charge >= 0.3 is 11.9 Å². The molecule has 0 aliphatic heterocycles. The third-order valence-corrected chi connectivity index (χ3v) is 7.89. The number of hydrogen-bond donors (Lipinski definition) is 0. The molecule has 0 atom stereocenters. The smallest absolute Gasteiger partial charge is 0.340 e. The zero-order valence-corrected chi connectivity index (χ0v) is 27.0. The van der Waals surface area contributed by atoms with Crippen molar-refractivity contribution in [2.75, 3.05) is 23.0 Å². The number of anilines is 6. The molecule has 6 aromatic carbocycles. The second-order valence-electron chi connectivity index (χ2n) is 10.9. The second-order valence-corrected chi connectivity index (χ2v) is 10.9. The Kier molecular flexibility index (Phi) is 9.92. The first-order chi connectivity index (χ1) is 23.6. The minimum atomic E-state index is -0.361. The summed E-state index contributed by atoms with van der Waals surface area (Å²) in [7, 11) is 0. The molecule has 0 amide bonds. The van der Waals surface area contributed by atoms with Crippen LogP contribution in [-0.4, -0.2) is 25.2 Å². The van der Waals surface area contributed by atoms with Gasteiger partial charge in [-0.25, -0.2) is 9.59 Å². The quantitative estimate of drug-likeness (QED) is 0.133. The molecule has 0 saturated heterocycles. The summed E-state index contributed by atoms with van der Waals surface area (Å²) in [5.41, 5.74) is 8.21. The van der Waals surface area contributed by atoms with Gasteiger partial charge in [0.25, 0.3) is 0 Å². The summed E-state index contributed by atoms with van der Waals surface area (Å²) < 4.78 is 10.8. The fraction of sp³-hybridized carbons (Fsp3) is 0.0952. The highest BCUT2D eigenvalue weighted by Crippen LogP contribution is 2.40. The highest BCUT2D eigenvalue weighted by Gasteiger charge is 2.22. The summed E-state index contributed by atoms with van der Waals surface area (Å²) in [5.74, 6) is -0.722. The molecule has 238 valence electrons. The summed E-state index contributed by atoms with van der Waals surface area (Å²) in [6, 6.07) is 51.5. The average molecular weight is 633 g/mol. The van der Waals surface area contributed by atoms with Crippen LogP contribution in [0, 0.1) is 0 Å². The van der Waals surface area contributed by atoms with Crippen LogP contribution >= 0.6 is 0 Å². The van der Waals surface area contributed by atoms with Gasteiger partial charge in [0.2, 0.25) is 0 Å². The minimum absolute atomic E-state index is 0.299. The lowest BCUT2D eigenvalue weighted by Gasteiger charge is -2.27. The van der Waals surface area contributed by atoms with E-state index in [2.05, 4.69) is 58.3 Å². The molecule has 0 bridgehead atoms. The first-order valence-electron chi connectivity index (χ1n) is 16.0. The predicted octanol–water partition coefficient (Wildman–Crippen LogP) is 10.6. The van der Waals surface area contributed by atoms with Crippen LogP contribution in [0.1, 0.15) is 34.6 Å². The molecule has 6 aromatic rings. The molecule has 6 nitrogen and oxygen atoms in total. The van der Waals surface area contributed by atoms with Crippen molar-refractivity contribution >= 4 is 46.1 Å². The molecule has 0 aromatic heterocycles. The molecule has 0 N–H and O–H groups in total. The van der Waals surface area contributed by atoms with E-state index in [1.165, 1.54) is 0 Å².